The Morgan fingerprint density at radius 1 is 1.31 bits per heavy atom. The molecular weight excluding hydrogens is 206 g/mol. The number of fused-ring (bicyclic) bond motifs is 1. The minimum atomic E-state index is -0.525. The number of rotatable bonds is 3. The Balaban J connectivity index is 2.22. The summed E-state index contributed by atoms with van der Waals surface area (Å²) in [7, 11) is 0. The van der Waals surface area contributed by atoms with Gasteiger partial charge in [-0.05, 0) is 24.1 Å². The molecule has 1 heterocycles. The van der Waals surface area contributed by atoms with Gasteiger partial charge < -0.3 is 20.3 Å². The predicted octanol–water partition coefficient (Wildman–Crippen LogP) is 1.23. The summed E-state index contributed by atoms with van der Waals surface area (Å²) in [5.74, 6) is 1.45. The van der Waals surface area contributed by atoms with Crippen molar-refractivity contribution in [3.63, 3.8) is 0 Å². The minimum Gasteiger partial charge on any atom is -0.486 e. The molecule has 4 nitrogen and oxygen atoms in total. The molecule has 1 aliphatic heterocycles. The Labute approximate surface area is 95.0 Å². The van der Waals surface area contributed by atoms with E-state index in [0.29, 0.717) is 25.4 Å². The van der Waals surface area contributed by atoms with Gasteiger partial charge in [0, 0.05) is 0 Å². The van der Waals surface area contributed by atoms with Crippen LogP contribution in [0.25, 0.3) is 0 Å². The van der Waals surface area contributed by atoms with Gasteiger partial charge in [0.25, 0.3) is 0 Å². The highest BCUT2D eigenvalue weighted by molar-refractivity contribution is 5.44. The monoisotopic (exact) mass is 223 g/mol. The van der Waals surface area contributed by atoms with Crippen molar-refractivity contribution < 1.29 is 14.6 Å². The Morgan fingerprint density at radius 2 is 2.00 bits per heavy atom. The zero-order chi connectivity index (χ0) is 11.5. The standard InChI is InChI=1S/C12H17NO3/c1-2-9(14)12(13)8-3-4-10-11(7-8)16-6-5-15-10/h3-4,7,9,12,14H,2,5-6,13H2,1H3/t9-,12+/m1/s1. The van der Waals surface area contributed by atoms with Crippen molar-refractivity contribution in [3.8, 4) is 11.5 Å². The first-order chi connectivity index (χ1) is 7.72. The second kappa shape index (κ2) is 4.72. The molecule has 2 atom stereocenters. The summed E-state index contributed by atoms with van der Waals surface area (Å²) >= 11 is 0. The zero-order valence-electron chi connectivity index (χ0n) is 9.35. The van der Waals surface area contributed by atoms with Crippen molar-refractivity contribution in [2.75, 3.05) is 13.2 Å². The Hall–Kier alpha value is -1.26. The molecule has 0 aromatic heterocycles. The summed E-state index contributed by atoms with van der Waals surface area (Å²) in [4.78, 5) is 0. The summed E-state index contributed by atoms with van der Waals surface area (Å²) in [5, 5.41) is 9.69. The fourth-order valence-corrected chi connectivity index (χ4v) is 1.74. The smallest absolute Gasteiger partial charge is 0.161 e. The molecule has 0 radical (unpaired) electrons. The van der Waals surface area contributed by atoms with Gasteiger partial charge in [0.15, 0.2) is 11.5 Å². The highest BCUT2D eigenvalue weighted by Gasteiger charge is 2.18. The molecule has 0 saturated carbocycles. The van der Waals surface area contributed by atoms with E-state index in [0.717, 1.165) is 11.3 Å². The van der Waals surface area contributed by atoms with Gasteiger partial charge >= 0.3 is 0 Å². The van der Waals surface area contributed by atoms with Crippen molar-refractivity contribution >= 4 is 0 Å². The molecule has 0 bridgehead atoms. The first-order valence-corrected chi connectivity index (χ1v) is 5.55. The molecule has 0 spiro atoms. The lowest BCUT2D eigenvalue weighted by Gasteiger charge is -2.22. The lowest BCUT2D eigenvalue weighted by atomic mass is 10.0. The fraction of sp³-hybridized carbons (Fsp3) is 0.500. The third kappa shape index (κ3) is 2.13. The largest absolute Gasteiger partial charge is 0.486 e. The highest BCUT2D eigenvalue weighted by Crippen LogP contribution is 2.32. The van der Waals surface area contributed by atoms with Crippen LogP contribution in [-0.4, -0.2) is 24.4 Å². The van der Waals surface area contributed by atoms with Crippen molar-refractivity contribution in [3.05, 3.63) is 23.8 Å². The normalized spacial score (nSPS) is 17.9. The van der Waals surface area contributed by atoms with Crippen molar-refractivity contribution in [2.45, 2.75) is 25.5 Å². The molecule has 4 heteroatoms. The molecule has 0 saturated heterocycles. The summed E-state index contributed by atoms with van der Waals surface area (Å²) in [6, 6.07) is 5.18. The van der Waals surface area contributed by atoms with Crippen LogP contribution in [0.4, 0.5) is 0 Å². The van der Waals surface area contributed by atoms with Gasteiger partial charge in [-0.25, -0.2) is 0 Å². The molecule has 88 valence electrons. The maximum absolute atomic E-state index is 9.69. The molecule has 16 heavy (non-hydrogen) atoms. The summed E-state index contributed by atoms with van der Waals surface area (Å²) in [6.45, 7) is 3.04. The maximum Gasteiger partial charge on any atom is 0.161 e. The average Bonchev–Trinajstić information content (AvgIpc) is 2.36. The summed E-state index contributed by atoms with van der Waals surface area (Å²) in [6.07, 6.45) is 0.109. The van der Waals surface area contributed by atoms with Crippen molar-refractivity contribution in [2.24, 2.45) is 5.73 Å². The van der Waals surface area contributed by atoms with E-state index in [1.165, 1.54) is 0 Å². The number of nitrogens with two attached hydrogens (primary N) is 1. The van der Waals surface area contributed by atoms with Crippen LogP contribution in [0.15, 0.2) is 18.2 Å². The first-order valence-electron chi connectivity index (χ1n) is 5.55. The second-order valence-corrected chi connectivity index (χ2v) is 3.90. The van der Waals surface area contributed by atoms with Crippen molar-refractivity contribution in [1.29, 1.82) is 0 Å². The van der Waals surface area contributed by atoms with E-state index in [2.05, 4.69) is 0 Å². The van der Waals surface area contributed by atoms with Crippen LogP contribution in [0.3, 0.4) is 0 Å². The SMILES string of the molecule is CC[C@@H](O)[C@@H](N)c1ccc2c(c1)OCCO2. The van der Waals surface area contributed by atoms with Crippen LogP contribution in [0.1, 0.15) is 24.9 Å². The van der Waals surface area contributed by atoms with Gasteiger partial charge in [-0.3, -0.25) is 0 Å². The van der Waals surface area contributed by atoms with E-state index >= 15 is 0 Å². The maximum atomic E-state index is 9.69. The van der Waals surface area contributed by atoms with E-state index in [1.807, 2.05) is 25.1 Å². The molecule has 0 aliphatic carbocycles. The zero-order valence-corrected chi connectivity index (χ0v) is 9.35. The summed E-state index contributed by atoms with van der Waals surface area (Å²) < 4.78 is 10.9. The summed E-state index contributed by atoms with van der Waals surface area (Å²) in [5.41, 5.74) is 6.81. The molecule has 1 aromatic rings. The average molecular weight is 223 g/mol. The molecule has 1 aromatic carbocycles. The lowest BCUT2D eigenvalue weighted by molar-refractivity contribution is 0.139. The highest BCUT2D eigenvalue weighted by atomic mass is 16.6. The van der Waals surface area contributed by atoms with E-state index in [1.54, 1.807) is 0 Å². The number of aliphatic hydroxyl groups is 1. The van der Waals surface area contributed by atoms with Gasteiger partial charge in [-0.1, -0.05) is 13.0 Å². The quantitative estimate of drug-likeness (QED) is 0.809. The number of hydrogen-bond donors (Lipinski definition) is 2. The molecule has 2 rings (SSSR count). The molecule has 3 N–H and O–H groups in total. The fourth-order valence-electron chi connectivity index (χ4n) is 1.74. The molecule has 0 unspecified atom stereocenters. The van der Waals surface area contributed by atoms with Crippen LogP contribution in [0.5, 0.6) is 11.5 Å². The van der Waals surface area contributed by atoms with Crippen molar-refractivity contribution in [1.82, 2.24) is 0 Å². The third-order valence-corrected chi connectivity index (χ3v) is 2.78. The number of ether oxygens (including phenoxy) is 2. The van der Waals surface area contributed by atoms with Crippen LogP contribution in [0.2, 0.25) is 0 Å². The van der Waals surface area contributed by atoms with Gasteiger partial charge in [-0.15, -0.1) is 0 Å². The molecule has 0 fully saturated rings. The number of hydrogen-bond acceptors (Lipinski definition) is 4. The second-order valence-electron chi connectivity index (χ2n) is 3.90. The van der Waals surface area contributed by atoms with E-state index in [4.69, 9.17) is 15.2 Å². The van der Waals surface area contributed by atoms with Gasteiger partial charge in [0.05, 0.1) is 12.1 Å². The molecular formula is C12H17NO3. The Bertz CT molecular complexity index is 367. The Morgan fingerprint density at radius 3 is 2.69 bits per heavy atom. The van der Waals surface area contributed by atoms with Crippen LogP contribution < -0.4 is 15.2 Å². The number of benzene rings is 1. The van der Waals surface area contributed by atoms with E-state index in [-0.39, 0.29) is 6.04 Å². The third-order valence-electron chi connectivity index (χ3n) is 2.78. The topological polar surface area (TPSA) is 64.7 Å². The number of aliphatic hydroxyl groups excluding tert-OH is 1. The van der Waals surface area contributed by atoms with Gasteiger partial charge in [-0.2, -0.15) is 0 Å². The predicted molar refractivity (Wildman–Crippen MR) is 60.7 cm³/mol. The van der Waals surface area contributed by atoms with Gasteiger partial charge in [0.1, 0.15) is 13.2 Å². The molecule has 0 amide bonds. The lowest BCUT2D eigenvalue weighted by Crippen LogP contribution is -2.25. The van der Waals surface area contributed by atoms with Gasteiger partial charge in [0.2, 0.25) is 0 Å². The van der Waals surface area contributed by atoms with Crippen LogP contribution >= 0.6 is 0 Å². The van der Waals surface area contributed by atoms with Crippen LogP contribution in [0, 0.1) is 0 Å². The Kier molecular flexibility index (Phi) is 3.31. The van der Waals surface area contributed by atoms with E-state index in [9.17, 15) is 5.11 Å². The van der Waals surface area contributed by atoms with Crippen LogP contribution in [-0.2, 0) is 0 Å². The van der Waals surface area contributed by atoms with E-state index < -0.39 is 6.10 Å². The minimum absolute atomic E-state index is 0.374. The first kappa shape index (κ1) is 11.2. The molecule has 1 aliphatic rings.